The number of ketones is 1. The molecule has 1 saturated heterocycles. The van der Waals surface area contributed by atoms with E-state index in [-0.39, 0.29) is 29.1 Å². The van der Waals surface area contributed by atoms with Crippen molar-refractivity contribution in [3.63, 3.8) is 0 Å². The molecule has 0 aromatic carbocycles. The van der Waals surface area contributed by atoms with Crippen LogP contribution in [0, 0.1) is 5.41 Å². The minimum absolute atomic E-state index is 0.0973. The molecule has 0 bridgehead atoms. The second-order valence-corrected chi connectivity index (χ2v) is 7.28. The molecule has 0 unspecified atom stereocenters. The average Bonchev–Trinajstić information content (AvgIpc) is 3.31. The molecule has 10 nitrogen and oxygen atoms in total. The van der Waals surface area contributed by atoms with Crippen LogP contribution in [0.15, 0.2) is 5.38 Å². The van der Waals surface area contributed by atoms with Gasteiger partial charge in [0.15, 0.2) is 16.7 Å². The highest BCUT2D eigenvalue weighted by molar-refractivity contribution is 7.12. The molecule has 2 rings (SSSR count). The van der Waals surface area contributed by atoms with Gasteiger partial charge in [0.1, 0.15) is 0 Å². The van der Waals surface area contributed by atoms with Gasteiger partial charge in [-0.25, -0.2) is 9.78 Å². The van der Waals surface area contributed by atoms with Crippen LogP contribution < -0.4 is 16.8 Å². The Morgan fingerprint density at radius 2 is 2.21 bits per heavy atom. The number of nitrogens with one attached hydrogen (secondary N) is 2. The number of nitrogens with zero attached hydrogens (tertiary/aromatic N) is 2. The van der Waals surface area contributed by atoms with Gasteiger partial charge in [0, 0.05) is 11.9 Å². The lowest BCUT2D eigenvalue weighted by Crippen LogP contribution is -2.49. The lowest BCUT2D eigenvalue weighted by molar-refractivity contribution is -0.122. The fourth-order valence-corrected chi connectivity index (χ4v) is 4.04. The number of aromatic nitrogens is 1. The zero-order valence-electron chi connectivity index (χ0n) is 15.8. The molecular formula is C17H26N6O4S. The van der Waals surface area contributed by atoms with Crippen molar-refractivity contribution in [1.82, 2.24) is 15.2 Å². The van der Waals surface area contributed by atoms with E-state index in [1.54, 1.807) is 6.92 Å². The van der Waals surface area contributed by atoms with E-state index in [1.807, 2.05) is 4.90 Å². The third-order valence-corrected chi connectivity index (χ3v) is 5.35. The molecular weight excluding hydrogens is 384 g/mol. The third-order valence-electron chi connectivity index (χ3n) is 4.49. The summed E-state index contributed by atoms with van der Waals surface area (Å²) in [6.07, 6.45) is 2.39. The molecule has 6 N–H and O–H groups in total. The van der Waals surface area contributed by atoms with Gasteiger partial charge in [-0.15, -0.1) is 11.3 Å². The number of carbonyl (C=O) groups excluding carboxylic acids is 3. The topological polar surface area (TPSA) is 164 Å². The van der Waals surface area contributed by atoms with Crippen LogP contribution in [0.25, 0.3) is 0 Å². The predicted octanol–water partition coefficient (Wildman–Crippen LogP) is 0.0841. The zero-order valence-corrected chi connectivity index (χ0v) is 16.6. The van der Waals surface area contributed by atoms with Gasteiger partial charge in [-0.3, -0.25) is 19.9 Å². The van der Waals surface area contributed by atoms with Gasteiger partial charge >= 0.3 is 5.97 Å². The second-order valence-electron chi connectivity index (χ2n) is 6.42. The summed E-state index contributed by atoms with van der Waals surface area (Å²) >= 11 is 1.08. The predicted molar refractivity (Wildman–Crippen MR) is 104 cm³/mol. The summed E-state index contributed by atoms with van der Waals surface area (Å²) in [5.41, 5.74) is 10.9. The first-order valence-electron chi connectivity index (χ1n) is 9.15. The molecule has 1 aromatic rings. The molecule has 28 heavy (non-hydrogen) atoms. The van der Waals surface area contributed by atoms with Crippen molar-refractivity contribution in [3.05, 3.63) is 16.1 Å². The molecule has 0 radical (unpaired) electrons. The largest absolute Gasteiger partial charge is 0.461 e. The van der Waals surface area contributed by atoms with E-state index in [9.17, 15) is 14.4 Å². The van der Waals surface area contributed by atoms with Gasteiger partial charge in [-0.05, 0) is 39.2 Å². The number of esters is 1. The van der Waals surface area contributed by atoms with Gasteiger partial charge in [0.25, 0.3) is 0 Å². The van der Waals surface area contributed by atoms with Crippen LogP contribution in [0.4, 0.5) is 0 Å². The molecule has 1 fully saturated rings. The number of amides is 1. The monoisotopic (exact) mass is 410 g/mol. The fraction of sp³-hybridized carbons (Fsp3) is 0.588. The molecule has 1 aliphatic rings. The molecule has 154 valence electrons. The maximum atomic E-state index is 13.1. The first-order valence-corrected chi connectivity index (χ1v) is 10.0. The first kappa shape index (κ1) is 21.8. The van der Waals surface area contributed by atoms with Gasteiger partial charge in [0.2, 0.25) is 11.7 Å². The van der Waals surface area contributed by atoms with Gasteiger partial charge in [-0.2, -0.15) is 0 Å². The molecule has 0 spiro atoms. The SMILES string of the molecule is CCOC(=O)c1csc(C(=O)[C@H](CCCNC(=N)N)N2CCC[C@H]2C(N)=O)n1. The molecule has 0 saturated carbocycles. The Balaban J connectivity index is 2.17. The van der Waals surface area contributed by atoms with E-state index in [0.717, 1.165) is 17.8 Å². The van der Waals surface area contributed by atoms with Crippen molar-refractivity contribution < 1.29 is 19.1 Å². The lowest BCUT2D eigenvalue weighted by Gasteiger charge is -2.30. The van der Waals surface area contributed by atoms with E-state index in [0.29, 0.717) is 32.4 Å². The third kappa shape index (κ3) is 5.49. The summed E-state index contributed by atoms with van der Waals surface area (Å²) in [6.45, 7) is 2.93. The van der Waals surface area contributed by atoms with Crippen LogP contribution in [0.1, 0.15) is 52.9 Å². The number of hydrogen-bond donors (Lipinski definition) is 4. The average molecular weight is 411 g/mol. The molecule has 1 amide bonds. The number of ether oxygens (including phenoxy) is 1. The van der Waals surface area contributed by atoms with Crippen molar-refractivity contribution in [2.45, 2.75) is 44.7 Å². The molecule has 1 aliphatic heterocycles. The summed E-state index contributed by atoms with van der Waals surface area (Å²) in [5.74, 6) is -1.42. The van der Waals surface area contributed by atoms with E-state index in [2.05, 4.69) is 10.3 Å². The van der Waals surface area contributed by atoms with Crippen LogP contribution in [-0.2, 0) is 9.53 Å². The number of Topliss-reactive ketones (excluding diaryl/α,β-unsaturated/α-hetero) is 1. The van der Waals surface area contributed by atoms with Crippen LogP contribution in [0.5, 0.6) is 0 Å². The Labute approximate surface area is 167 Å². The summed E-state index contributed by atoms with van der Waals surface area (Å²) in [7, 11) is 0. The molecule has 1 aromatic heterocycles. The summed E-state index contributed by atoms with van der Waals surface area (Å²) in [6, 6.07) is -1.09. The zero-order chi connectivity index (χ0) is 20.7. The number of guanidine groups is 1. The van der Waals surface area contributed by atoms with Crippen LogP contribution >= 0.6 is 11.3 Å². The van der Waals surface area contributed by atoms with Crippen molar-refractivity contribution in [2.75, 3.05) is 19.7 Å². The second kappa shape index (κ2) is 10.1. The number of carbonyl (C=O) groups is 3. The number of likely N-dealkylation sites (tertiary alicyclic amines) is 1. The van der Waals surface area contributed by atoms with Crippen molar-refractivity contribution >= 4 is 35.0 Å². The van der Waals surface area contributed by atoms with Crippen molar-refractivity contribution in [3.8, 4) is 0 Å². The van der Waals surface area contributed by atoms with Gasteiger partial charge in [0.05, 0.1) is 18.7 Å². The van der Waals surface area contributed by atoms with Crippen LogP contribution in [-0.4, -0.2) is 65.3 Å². The van der Waals surface area contributed by atoms with Crippen molar-refractivity contribution in [1.29, 1.82) is 5.41 Å². The number of rotatable bonds is 10. The minimum Gasteiger partial charge on any atom is -0.461 e. The fourth-order valence-electron chi connectivity index (χ4n) is 3.26. The minimum atomic E-state index is -0.588. The maximum Gasteiger partial charge on any atom is 0.357 e. The Kier molecular flexibility index (Phi) is 7.88. The van der Waals surface area contributed by atoms with E-state index >= 15 is 0 Å². The quantitative estimate of drug-likeness (QED) is 0.138. The summed E-state index contributed by atoms with van der Waals surface area (Å²) in [5, 5.41) is 11.6. The van der Waals surface area contributed by atoms with Crippen LogP contribution in [0.3, 0.4) is 0 Å². The maximum absolute atomic E-state index is 13.1. The molecule has 2 heterocycles. The van der Waals surface area contributed by atoms with E-state index in [1.165, 1.54) is 5.38 Å². The number of thiazole rings is 1. The Bertz CT molecular complexity index is 737. The normalized spacial score (nSPS) is 17.8. The Morgan fingerprint density at radius 1 is 1.46 bits per heavy atom. The number of hydrogen-bond acceptors (Lipinski definition) is 8. The highest BCUT2D eigenvalue weighted by Crippen LogP contribution is 2.26. The van der Waals surface area contributed by atoms with Crippen molar-refractivity contribution in [2.24, 2.45) is 11.5 Å². The van der Waals surface area contributed by atoms with Gasteiger partial charge < -0.3 is 21.5 Å². The van der Waals surface area contributed by atoms with Crippen LogP contribution in [0.2, 0.25) is 0 Å². The highest BCUT2D eigenvalue weighted by Gasteiger charge is 2.38. The lowest BCUT2D eigenvalue weighted by atomic mass is 10.0. The Hall–Kier alpha value is -2.53. The Morgan fingerprint density at radius 3 is 2.86 bits per heavy atom. The standard InChI is InChI=1S/C17H26N6O4S/c1-2-27-16(26)10-9-28-15(22-10)13(24)11(5-3-7-21-17(19)20)23-8-4-6-12(23)14(18)25/h9,11-12H,2-8H2,1H3,(H2,18,25)(H4,19,20,21)/t11-,12-/m0/s1. The smallest absolute Gasteiger partial charge is 0.357 e. The summed E-state index contributed by atoms with van der Waals surface area (Å²) < 4.78 is 4.91. The molecule has 0 aliphatic carbocycles. The molecule has 2 atom stereocenters. The molecule has 11 heteroatoms. The highest BCUT2D eigenvalue weighted by atomic mass is 32.1. The number of nitrogens with two attached hydrogens (primary N) is 2. The van der Waals surface area contributed by atoms with E-state index < -0.39 is 24.0 Å². The van der Waals surface area contributed by atoms with Gasteiger partial charge in [-0.1, -0.05) is 0 Å². The summed E-state index contributed by atoms with van der Waals surface area (Å²) in [4.78, 5) is 42.7. The van der Waals surface area contributed by atoms with E-state index in [4.69, 9.17) is 21.6 Å². The first-order chi connectivity index (χ1) is 13.3. The number of primary amides is 1.